The largest absolute Gasteiger partial charge is 0.421 e. The second-order valence-corrected chi connectivity index (χ2v) is 8.14. The lowest BCUT2D eigenvalue weighted by molar-refractivity contribution is -0.137. The van der Waals surface area contributed by atoms with Gasteiger partial charge < -0.3 is 10.6 Å². The minimum absolute atomic E-state index is 0.0943. The van der Waals surface area contributed by atoms with Crippen LogP contribution in [0.5, 0.6) is 0 Å². The van der Waals surface area contributed by atoms with Crippen LogP contribution < -0.4 is 10.6 Å². The van der Waals surface area contributed by atoms with Crippen molar-refractivity contribution < 1.29 is 13.2 Å². The summed E-state index contributed by atoms with van der Waals surface area (Å²) in [5, 5.41) is 5.84. The zero-order valence-electron chi connectivity index (χ0n) is 18.6. The van der Waals surface area contributed by atoms with Gasteiger partial charge in [0, 0.05) is 17.6 Å². The standard InChI is InChI=1S/C25H29F3N4/c1-4-5-6-8-18-9-7-10-21(15-18)30-23-22(25(26,27)28)16-29-24(32-23)31-20-13-11-19(12-14-20)17(2)3/h7,9-17H,4-6,8H2,1-3H3,(H2,29,30,31,32). The number of aromatic nitrogens is 2. The van der Waals surface area contributed by atoms with Crippen LogP contribution in [0.3, 0.4) is 0 Å². The summed E-state index contributed by atoms with van der Waals surface area (Å²) in [5.74, 6) is 0.205. The first-order chi connectivity index (χ1) is 15.3. The Morgan fingerprint density at radius 3 is 2.34 bits per heavy atom. The van der Waals surface area contributed by atoms with E-state index in [1.807, 2.05) is 42.5 Å². The molecule has 3 rings (SSSR count). The predicted octanol–water partition coefficient (Wildman–Crippen LogP) is 7.84. The first-order valence-electron chi connectivity index (χ1n) is 10.9. The Kier molecular flexibility index (Phi) is 7.72. The summed E-state index contributed by atoms with van der Waals surface area (Å²) in [6, 6.07) is 15.1. The summed E-state index contributed by atoms with van der Waals surface area (Å²) in [7, 11) is 0. The summed E-state index contributed by atoms with van der Waals surface area (Å²) in [6.45, 7) is 6.33. The van der Waals surface area contributed by atoms with Gasteiger partial charge in [0.15, 0.2) is 0 Å². The van der Waals surface area contributed by atoms with E-state index in [2.05, 4.69) is 41.4 Å². The van der Waals surface area contributed by atoms with E-state index in [0.29, 0.717) is 17.3 Å². The van der Waals surface area contributed by atoms with Crippen molar-refractivity contribution in [2.75, 3.05) is 10.6 Å². The lowest BCUT2D eigenvalue weighted by Gasteiger charge is -2.15. The monoisotopic (exact) mass is 442 g/mol. The summed E-state index contributed by atoms with van der Waals surface area (Å²) < 4.78 is 40.7. The molecule has 1 heterocycles. The molecule has 4 nitrogen and oxygen atoms in total. The lowest BCUT2D eigenvalue weighted by atomic mass is 10.0. The topological polar surface area (TPSA) is 49.8 Å². The highest BCUT2D eigenvalue weighted by Crippen LogP contribution is 2.35. The first-order valence-corrected chi connectivity index (χ1v) is 10.9. The first kappa shape index (κ1) is 23.6. The molecule has 0 aliphatic carbocycles. The zero-order chi connectivity index (χ0) is 23.1. The van der Waals surface area contributed by atoms with Gasteiger partial charge in [0.2, 0.25) is 5.95 Å². The van der Waals surface area contributed by atoms with Gasteiger partial charge in [-0.2, -0.15) is 18.2 Å². The molecule has 0 aliphatic rings. The van der Waals surface area contributed by atoms with Crippen molar-refractivity contribution in [2.45, 2.75) is 58.5 Å². The Labute approximate surface area is 187 Å². The summed E-state index contributed by atoms with van der Waals surface area (Å²) in [4.78, 5) is 8.02. The molecule has 0 radical (unpaired) electrons. The van der Waals surface area contributed by atoms with Crippen molar-refractivity contribution in [3.05, 3.63) is 71.4 Å². The highest BCUT2D eigenvalue weighted by Gasteiger charge is 2.35. The Morgan fingerprint density at radius 2 is 1.69 bits per heavy atom. The second kappa shape index (κ2) is 10.5. The number of anilines is 4. The number of hydrogen-bond acceptors (Lipinski definition) is 4. The minimum Gasteiger partial charge on any atom is -0.340 e. The molecule has 3 aromatic rings. The van der Waals surface area contributed by atoms with Gasteiger partial charge in [0.25, 0.3) is 0 Å². The molecule has 0 spiro atoms. The van der Waals surface area contributed by atoms with E-state index in [1.165, 1.54) is 5.56 Å². The van der Waals surface area contributed by atoms with Gasteiger partial charge >= 0.3 is 6.18 Å². The molecule has 170 valence electrons. The Balaban J connectivity index is 1.84. The fourth-order valence-corrected chi connectivity index (χ4v) is 3.35. The van der Waals surface area contributed by atoms with Crippen molar-refractivity contribution in [3.63, 3.8) is 0 Å². The quantitative estimate of drug-likeness (QED) is 0.331. The van der Waals surface area contributed by atoms with Crippen molar-refractivity contribution in [1.82, 2.24) is 9.97 Å². The summed E-state index contributed by atoms with van der Waals surface area (Å²) in [5.41, 5.74) is 2.61. The molecule has 0 atom stereocenters. The summed E-state index contributed by atoms with van der Waals surface area (Å²) in [6.07, 6.45) is 0.409. The predicted molar refractivity (Wildman–Crippen MR) is 124 cm³/mol. The van der Waals surface area contributed by atoms with Crippen LogP contribution in [-0.2, 0) is 12.6 Å². The van der Waals surface area contributed by atoms with E-state index in [-0.39, 0.29) is 11.8 Å². The fourth-order valence-electron chi connectivity index (χ4n) is 3.35. The molecular weight excluding hydrogens is 413 g/mol. The number of nitrogens with one attached hydrogen (secondary N) is 2. The number of unbranched alkanes of at least 4 members (excludes halogenated alkanes) is 2. The number of benzene rings is 2. The zero-order valence-corrected chi connectivity index (χ0v) is 18.6. The molecule has 0 aliphatic heterocycles. The number of hydrogen-bond donors (Lipinski definition) is 2. The van der Waals surface area contributed by atoms with Crippen LogP contribution in [-0.4, -0.2) is 9.97 Å². The van der Waals surface area contributed by atoms with Gasteiger partial charge in [-0.15, -0.1) is 0 Å². The molecule has 0 bridgehead atoms. The molecule has 0 unspecified atom stereocenters. The van der Waals surface area contributed by atoms with Crippen LogP contribution in [0.25, 0.3) is 0 Å². The minimum atomic E-state index is -4.57. The van der Waals surface area contributed by atoms with Crippen molar-refractivity contribution >= 4 is 23.1 Å². The van der Waals surface area contributed by atoms with Crippen molar-refractivity contribution in [2.24, 2.45) is 0 Å². The maximum Gasteiger partial charge on any atom is 0.421 e. The highest BCUT2D eigenvalue weighted by atomic mass is 19.4. The number of alkyl halides is 3. The van der Waals surface area contributed by atoms with E-state index in [4.69, 9.17) is 0 Å². The van der Waals surface area contributed by atoms with E-state index < -0.39 is 11.7 Å². The van der Waals surface area contributed by atoms with Gasteiger partial charge in [0.05, 0.1) is 0 Å². The molecule has 0 fully saturated rings. The molecule has 7 heteroatoms. The average Bonchev–Trinajstić information content (AvgIpc) is 2.74. The molecular formula is C25H29F3N4. The third-order valence-corrected chi connectivity index (χ3v) is 5.19. The molecule has 32 heavy (non-hydrogen) atoms. The summed E-state index contributed by atoms with van der Waals surface area (Å²) >= 11 is 0. The number of aryl methyl sites for hydroxylation is 1. The third-order valence-electron chi connectivity index (χ3n) is 5.19. The SMILES string of the molecule is CCCCCc1cccc(Nc2nc(Nc3ccc(C(C)C)cc3)ncc2C(F)(F)F)c1. The van der Waals surface area contributed by atoms with Crippen LogP contribution in [0.2, 0.25) is 0 Å². The molecule has 2 aromatic carbocycles. The van der Waals surface area contributed by atoms with Crippen LogP contribution in [0.15, 0.2) is 54.7 Å². The lowest BCUT2D eigenvalue weighted by Crippen LogP contribution is -2.12. The van der Waals surface area contributed by atoms with Crippen LogP contribution in [0.4, 0.5) is 36.3 Å². The molecule has 0 saturated heterocycles. The third kappa shape index (κ3) is 6.45. The smallest absolute Gasteiger partial charge is 0.340 e. The van der Waals surface area contributed by atoms with Crippen molar-refractivity contribution in [3.8, 4) is 0 Å². The second-order valence-electron chi connectivity index (χ2n) is 8.14. The van der Waals surface area contributed by atoms with Crippen molar-refractivity contribution in [1.29, 1.82) is 0 Å². The van der Waals surface area contributed by atoms with Gasteiger partial charge in [-0.3, -0.25) is 0 Å². The van der Waals surface area contributed by atoms with Gasteiger partial charge in [0.1, 0.15) is 11.4 Å². The van der Waals surface area contributed by atoms with Crippen LogP contribution >= 0.6 is 0 Å². The molecule has 0 saturated carbocycles. The fraction of sp³-hybridized carbons (Fsp3) is 0.360. The van der Waals surface area contributed by atoms with Gasteiger partial charge in [-0.25, -0.2) is 4.98 Å². The molecule has 1 aromatic heterocycles. The van der Waals surface area contributed by atoms with E-state index in [9.17, 15) is 13.2 Å². The number of nitrogens with zero attached hydrogens (tertiary/aromatic N) is 2. The van der Waals surface area contributed by atoms with Crippen LogP contribution in [0.1, 0.15) is 62.6 Å². The molecule has 0 amide bonds. The number of halogens is 3. The van der Waals surface area contributed by atoms with Gasteiger partial charge in [-0.1, -0.05) is 57.9 Å². The number of rotatable bonds is 9. The van der Waals surface area contributed by atoms with Gasteiger partial charge in [-0.05, 0) is 54.2 Å². The Morgan fingerprint density at radius 1 is 0.938 bits per heavy atom. The Hall–Kier alpha value is -3.09. The molecule has 2 N–H and O–H groups in total. The maximum absolute atomic E-state index is 13.6. The maximum atomic E-state index is 13.6. The highest BCUT2D eigenvalue weighted by molar-refractivity contribution is 5.63. The van der Waals surface area contributed by atoms with E-state index >= 15 is 0 Å². The average molecular weight is 443 g/mol. The van der Waals surface area contributed by atoms with E-state index in [1.54, 1.807) is 6.07 Å². The van der Waals surface area contributed by atoms with E-state index in [0.717, 1.165) is 37.4 Å². The van der Waals surface area contributed by atoms with Crippen LogP contribution in [0, 0.1) is 0 Å². The Bertz CT molecular complexity index is 1010. The normalized spacial score (nSPS) is 11.6.